The number of aliphatic hydroxyl groups is 1. The fourth-order valence-electron chi connectivity index (χ4n) is 6.46. The Bertz CT molecular complexity index is 1230. The number of hydrogen-bond donors (Lipinski definition) is 1. The highest BCUT2D eigenvalue weighted by Gasteiger charge is 2.51. The summed E-state index contributed by atoms with van der Waals surface area (Å²) in [5.74, 6) is 0.607. The molecule has 6 rings (SSSR count). The van der Waals surface area contributed by atoms with Gasteiger partial charge in [-0.15, -0.1) is 0 Å². The van der Waals surface area contributed by atoms with E-state index < -0.39 is 5.60 Å². The molecule has 2 saturated heterocycles. The van der Waals surface area contributed by atoms with Gasteiger partial charge in [-0.3, -0.25) is 0 Å². The average molecular weight is 471 g/mol. The standard InChI is InChI=1S/C29H30N2O4/c1-18-13-19(16-30-27(18)34-2)29(33)14-20-11-12-21(15-29)31(20)28(32)35-17-26-24-9-5-3-7-22(24)23-8-4-6-10-25(23)26/h3-10,13,16,20-21,26,33H,11-12,14-15,17H2,1-2H3. The van der Waals surface area contributed by atoms with Crippen molar-refractivity contribution in [3.05, 3.63) is 83.0 Å². The summed E-state index contributed by atoms with van der Waals surface area (Å²) in [6.07, 6.45) is 4.15. The van der Waals surface area contributed by atoms with Crippen LogP contribution in [0.4, 0.5) is 4.79 Å². The average Bonchev–Trinajstić information content (AvgIpc) is 3.34. The number of carbonyl (C=O) groups excluding carboxylic acids is 1. The predicted molar refractivity (Wildman–Crippen MR) is 132 cm³/mol. The van der Waals surface area contributed by atoms with E-state index in [9.17, 15) is 9.90 Å². The van der Waals surface area contributed by atoms with Crippen molar-refractivity contribution in [2.45, 2.75) is 56.2 Å². The summed E-state index contributed by atoms with van der Waals surface area (Å²) in [6.45, 7) is 2.24. The molecule has 3 aliphatic rings. The highest BCUT2D eigenvalue weighted by atomic mass is 16.6. The lowest BCUT2D eigenvalue weighted by Crippen LogP contribution is -2.52. The molecule has 6 nitrogen and oxygen atoms in total. The first-order chi connectivity index (χ1) is 17.0. The molecule has 1 aromatic heterocycles. The van der Waals surface area contributed by atoms with Gasteiger partial charge < -0.3 is 19.5 Å². The molecule has 3 aromatic rings. The lowest BCUT2D eigenvalue weighted by Gasteiger charge is -2.43. The van der Waals surface area contributed by atoms with Crippen LogP contribution in [0.1, 0.15) is 53.9 Å². The summed E-state index contributed by atoms with van der Waals surface area (Å²) in [4.78, 5) is 19.6. The number of rotatable bonds is 4. The largest absolute Gasteiger partial charge is 0.481 e. The van der Waals surface area contributed by atoms with E-state index in [0.717, 1.165) is 24.0 Å². The third-order valence-electron chi connectivity index (χ3n) is 8.07. The number of aromatic nitrogens is 1. The quantitative estimate of drug-likeness (QED) is 0.570. The van der Waals surface area contributed by atoms with Gasteiger partial charge in [-0.05, 0) is 48.1 Å². The topological polar surface area (TPSA) is 71.9 Å². The van der Waals surface area contributed by atoms with Gasteiger partial charge in [0.15, 0.2) is 0 Å². The van der Waals surface area contributed by atoms with Crippen LogP contribution in [-0.2, 0) is 10.3 Å². The van der Waals surface area contributed by atoms with E-state index in [1.165, 1.54) is 22.3 Å². The number of hydrogen-bond acceptors (Lipinski definition) is 5. The van der Waals surface area contributed by atoms with Gasteiger partial charge in [-0.25, -0.2) is 9.78 Å². The second-order valence-electron chi connectivity index (χ2n) is 10.1. The van der Waals surface area contributed by atoms with Crippen LogP contribution in [0.25, 0.3) is 11.1 Å². The number of ether oxygens (including phenoxy) is 2. The lowest BCUT2D eigenvalue weighted by atomic mass is 9.81. The van der Waals surface area contributed by atoms with E-state index >= 15 is 0 Å². The number of piperidine rings is 1. The highest BCUT2D eigenvalue weighted by molar-refractivity contribution is 5.79. The lowest BCUT2D eigenvalue weighted by molar-refractivity contribution is -0.0533. The van der Waals surface area contributed by atoms with Gasteiger partial charge in [0.1, 0.15) is 6.61 Å². The van der Waals surface area contributed by atoms with E-state index in [2.05, 4.69) is 41.4 Å². The third-order valence-corrected chi connectivity index (χ3v) is 8.07. The molecule has 6 heteroatoms. The highest BCUT2D eigenvalue weighted by Crippen LogP contribution is 2.47. The Morgan fingerprint density at radius 1 is 1.06 bits per heavy atom. The molecule has 2 aliphatic heterocycles. The maximum absolute atomic E-state index is 13.3. The second-order valence-corrected chi connectivity index (χ2v) is 10.1. The van der Waals surface area contributed by atoms with Gasteiger partial charge in [0.25, 0.3) is 0 Å². The maximum atomic E-state index is 13.3. The molecular weight excluding hydrogens is 440 g/mol. The number of nitrogens with zero attached hydrogens (tertiary/aromatic N) is 2. The van der Waals surface area contributed by atoms with Crippen molar-refractivity contribution in [3.8, 4) is 17.0 Å². The smallest absolute Gasteiger partial charge is 0.410 e. The van der Waals surface area contributed by atoms with Gasteiger partial charge in [-0.2, -0.15) is 0 Å². The van der Waals surface area contributed by atoms with Crippen LogP contribution in [0.3, 0.4) is 0 Å². The summed E-state index contributed by atoms with van der Waals surface area (Å²) in [5.41, 5.74) is 5.53. The fourth-order valence-corrected chi connectivity index (χ4v) is 6.46. The number of pyridine rings is 1. The van der Waals surface area contributed by atoms with Gasteiger partial charge in [0.05, 0.1) is 12.7 Å². The van der Waals surface area contributed by atoms with E-state index in [0.29, 0.717) is 25.3 Å². The van der Waals surface area contributed by atoms with Gasteiger partial charge in [0, 0.05) is 48.2 Å². The van der Waals surface area contributed by atoms with Crippen LogP contribution in [0.15, 0.2) is 60.8 Å². The van der Waals surface area contributed by atoms with Crippen LogP contribution in [0.2, 0.25) is 0 Å². The number of amides is 1. The fraction of sp³-hybridized carbons (Fsp3) is 0.379. The first-order valence-corrected chi connectivity index (χ1v) is 12.4. The first kappa shape index (κ1) is 22.1. The van der Waals surface area contributed by atoms with E-state index in [1.807, 2.05) is 30.0 Å². The molecular formula is C29H30N2O4. The van der Waals surface area contributed by atoms with Crippen LogP contribution < -0.4 is 4.74 Å². The summed E-state index contributed by atoms with van der Waals surface area (Å²) >= 11 is 0. The minimum atomic E-state index is -1.00. The number of carbonyl (C=O) groups is 1. The van der Waals surface area contributed by atoms with E-state index in [1.54, 1.807) is 13.3 Å². The van der Waals surface area contributed by atoms with Crippen molar-refractivity contribution in [2.75, 3.05) is 13.7 Å². The van der Waals surface area contributed by atoms with Gasteiger partial charge >= 0.3 is 6.09 Å². The summed E-state index contributed by atoms with van der Waals surface area (Å²) in [7, 11) is 1.59. The molecule has 2 unspecified atom stereocenters. The minimum Gasteiger partial charge on any atom is -0.481 e. The van der Waals surface area contributed by atoms with Gasteiger partial charge in [-0.1, -0.05) is 48.5 Å². The zero-order valence-electron chi connectivity index (χ0n) is 20.1. The number of methoxy groups -OCH3 is 1. The Morgan fingerprint density at radius 2 is 1.66 bits per heavy atom. The van der Waals surface area contributed by atoms with Crippen molar-refractivity contribution < 1.29 is 19.4 Å². The van der Waals surface area contributed by atoms with Crippen molar-refractivity contribution in [3.63, 3.8) is 0 Å². The molecule has 2 aromatic carbocycles. The predicted octanol–water partition coefficient (Wildman–Crippen LogP) is 5.16. The van der Waals surface area contributed by atoms with Crippen LogP contribution >= 0.6 is 0 Å². The molecule has 0 radical (unpaired) electrons. The molecule has 180 valence electrons. The third kappa shape index (κ3) is 3.59. The minimum absolute atomic E-state index is 0.0408. The van der Waals surface area contributed by atoms with E-state index in [4.69, 9.17) is 9.47 Å². The molecule has 1 N–H and O–H groups in total. The molecule has 1 amide bonds. The summed E-state index contributed by atoms with van der Waals surface area (Å²) in [6, 6.07) is 18.6. The SMILES string of the molecule is COc1ncc(C2(O)CC3CCC(C2)N3C(=O)OCC2c3ccccc3-c3ccccc32)cc1C. The molecule has 2 bridgehead atoms. The molecule has 2 atom stereocenters. The molecule has 35 heavy (non-hydrogen) atoms. The zero-order valence-corrected chi connectivity index (χ0v) is 20.1. The molecule has 2 fully saturated rings. The Kier molecular flexibility index (Phi) is 5.29. The Labute approximate surface area is 205 Å². The molecule has 0 spiro atoms. The first-order valence-electron chi connectivity index (χ1n) is 12.4. The van der Waals surface area contributed by atoms with E-state index in [-0.39, 0.29) is 24.1 Å². The van der Waals surface area contributed by atoms with Crippen molar-refractivity contribution in [2.24, 2.45) is 0 Å². The summed E-state index contributed by atoms with van der Waals surface area (Å²) in [5, 5.41) is 11.6. The zero-order chi connectivity index (χ0) is 24.2. The molecule has 1 aliphatic carbocycles. The normalized spacial score (nSPS) is 24.7. The Balaban J connectivity index is 1.18. The van der Waals surface area contributed by atoms with Crippen LogP contribution in [-0.4, -0.2) is 46.9 Å². The van der Waals surface area contributed by atoms with Gasteiger partial charge in [0.2, 0.25) is 5.88 Å². The van der Waals surface area contributed by atoms with Crippen molar-refractivity contribution in [1.29, 1.82) is 0 Å². The Hall–Kier alpha value is -3.38. The molecule has 0 saturated carbocycles. The summed E-state index contributed by atoms with van der Waals surface area (Å²) < 4.78 is 11.2. The maximum Gasteiger partial charge on any atom is 0.410 e. The van der Waals surface area contributed by atoms with Crippen LogP contribution in [0.5, 0.6) is 5.88 Å². The second kappa shape index (κ2) is 8.38. The van der Waals surface area contributed by atoms with Crippen LogP contribution in [0, 0.1) is 6.92 Å². The van der Waals surface area contributed by atoms with Crippen molar-refractivity contribution >= 4 is 6.09 Å². The Morgan fingerprint density at radius 3 is 2.23 bits per heavy atom. The number of aryl methyl sites for hydroxylation is 1. The number of fused-ring (bicyclic) bond motifs is 5. The number of benzene rings is 2. The van der Waals surface area contributed by atoms with Crippen molar-refractivity contribution in [1.82, 2.24) is 9.88 Å². The monoisotopic (exact) mass is 470 g/mol. The molecule has 3 heterocycles.